The number of hydrogen-bond acceptors (Lipinski definition) is 6. The molecule has 174 valence electrons. The minimum Gasteiger partial charge on any atom is -0.488 e. The van der Waals surface area contributed by atoms with Crippen molar-refractivity contribution in [2.24, 2.45) is 5.92 Å². The summed E-state index contributed by atoms with van der Waals surface area (Å²) in [6.45, 7) is 4.70. The first-order valence-corrected chi connectivity index (χ1v) is 12.1. The molecule has 0 fully saturated rings. The summed E-state index contributed by atoms with van der Waals surface area (Å²) >= 11 is 0. The molecule has 0 aromatic heterocycles. The first kappa shape index (κ1) is 24.0. The molecule has 2 aromatic rings. The zero-order valence-electron chi connectivity index (χ0n) is 18.9. The van der Waals surface area contributed by atoms with E-state index in [-0.39, 0.29) is 46.7 Å². The summed E-state index contributed by atoms with van der Waals surface area (Å²) in [5.41, 5.74) is 0.521. The van der Waals surface area contributed by atoms with Gasteiger partial charge in [0.15, 0.2) is 0 Å². The van der Waals surface area contributed by atoms with Gasteiger partial charge in [0.2, 0.25) is 0 Å². The number of amides is 1. The van der Waals surface area contributed by atoms with E-state index in [0.29, 0.717) is 18.8 Å². The van der Waals surface area contributed by atoms with Crippen molar-refractivity contribution in [2.75, 3.05) is 38.5 Å². The molecule has 8 nitrogen and oxygen atoms in total. The minimum absolute atomic E-state index is 0.0276. The standard InChI is InChI=1S/C23H31N3O5S/c1-16-13-26(17(2)15-27)23(28)20-12-18(10-11-21(20)31-22(16)14-25(3)4)24-32(29,30)19-8-6-5-7-9-19/h5-12,16-17,22,24,27H,13-15H2,1-4H3/t16-,17-,22-/m1/s1. The maximum Gasteiger partial charge on any atom is 0.261 e. The van der Waals surface area contributed by atoms with Crippen molar-refractivity contribution in [2.45, 2.75) is 30.9 Å². The molecule has 32 heavy (non-hydrogen) atoms. The minimum atomic E-state index is -3.81. The van der Waals surface area contributed by atoms with E-state index in [4.69, 9.17) is 4.74 Å². The maximum absolute atomic E-state index is 13.4. The van der Waals surface area contributed by atoms with Gasteiger partial charge in [0, 0.05) is 24.7 Å². The second-order valence-corrected chi connectivity index (χ2v) is 10.2. The van der Waals surface area contributed by atoms with Crippen LogP contribution in [0.4, 0.5) is 5.69 Å². The number of fused-ring (bicyclic) bond motifs is 1. The Bertz CT molecular complexity index is 1040. The molecule has 1 aliphatic rings. The summed E-state index contributed by atoms with van der Waals surface area (Å²) in [7, 11) is 0.104. The monoisotopic (exact) mass is 461 g/mol. The number of rotatable bonds is 7. The van der Waals surface area contributed by atoms with Gasteiger partial charge in [0.25, 0.3) is 15.9 Å². The second-order valence-electron chi connectivity index (χ2n) is 8.51. The predicted octanol–water partition coefficient (Wildman–Crippen LogP) is 2.27. The fourth-order valence-corrected chi connectivity index (χ4v) is 4.75. The van der Waals surface area contributed by atoms with Crippen LogP contribution in [-0.4, -0.2) is 75.2 Å². The van der Waals surface area contributed by atoms with Gasteiger partial charge in [-0.15, -0.1) is 0 Å². The Morgan fingerprint density at radius 3 is 2.53 bits per heavy atom. The van der Waals surface area contributed by atoms with E-state index in [9.17, 15) is 18.3 Å². The average Bonchev–Trinajstić information content (AvgIpc) is 2.76. The van der Waals surface area contributed by atoms with Crippen LogP contribution in [0.2, 0.25) is 0 Å². The number of likely N-dealkylation sites (N-methyl/N-ethyl adjacent to an activating group) is 1. The van der Waals surface area contributed by atoms with Crippen LogP contribution in [0.3, 0.4) is 0 Å². The van der Waals surface area contributed by atoms with Gasteiger partial charge < -0.3 is 19.6 Å². The maximum atomic E-state index is 13.4. The van der Waals surface area contributed by atoms with E-state index in [0.717, 1.165) is 0 Å². The third-order valence-corrected chi connectivity index (χ3v) is 6.91. The third-order valence-electron chi connectivity index (χ3n) is 5.52. The van der Waals surface area contributed by atoms with Crippen LogP contribution in [-0.2, 0) is 10.0 Å². The quantitative estimate of drug-likeness (QED) is 0.656. The molecule has 3 rings (SSSR count). The number of ether oxygens (including phenoxy) is 1. The molecule has 9 heteroatoms. The van der Waals surface area contributed by atoms with Crippen molar-refractivity contribution >= 4 is 21.6 Å². The van der Waals surface area contributed by atoms with E-state index in [1.165, 1.54) is 18.2 Å². The van der Waals surface area contributed by atoms with Crippen molar-refractivity contribution in [3.05, 3.63) is 54.1 Å². The first-order valence-electron chi connectivity index (χ1n) is 10.6. The Balaban J connectivity index is 2.00. The van der Waals surface area contributed by atoms with Gasteiger partial charge in [-0.2, -0.15) is 0 Å². The average molecular weight is 462 g/mol. The Kier molecular flexibility index (Phi) is 7.43. The lowest BCUT2D eigenvalue weighted by Gasteiger charge is -2.37. The number of nitrogens with one attached hydrogen (secondary N) is 1. The SMILES string of the molecule is C[C@@H]1CN([C@H](C)CO)C(=O)c2cc(NS(=O)(=O)c3ccccc3)ccc2O[C@@H]1CN(C)C. The summed E-state index contributed by atoms with van der Waals surface area (Å²) in [5, 5.41) is 9.72. The number of hydrogen-bond donors (Lipinski definition) is 2. The number of benzene rings is 2. The smallest absolute Gasteiger partial charge is 0.261 e. The second kappa shape index (κ2) is 9.89. The zero-order chi connectivity index (χ0) is 23.5. The highest BCUT2D eigenvalue weighted by Crippen LogP contribution is 2.31. The number of anilines is 1. The lowest BCUT2D eigenvalue weighted by Crippen LogP contribution is -2.49. The van der Waals surface area contributed by atoms with Gasteiger partial charge in [-0.3, -0.25) is 9.52 Å². The summed E-state index contributed by atoms with van der Waals surface area (Å²) in [5.74, 6) is 0.114. The van der Waals surface area contributed by atoms with Crippen molar-refractivity contribution in [3.8, 4) is 5.75 Å². The fourth-order valence-electron chi connectivity index (χ4n) is 3.68. The van der Waals surface area contributed by atoms with Gasteiger partial charge in [-0.05, 0) is 51.4 Å². The molecule has 0 bridgehead atoms. The molecular weight excluding hydrogens is 430 g/mol. The molecule has 0 unspecified atom stereocenters. The molecule has 0 spiro atoms. The molecule has 3 atom stereocenters. The Hall–Kier alpha value is -2.62. The molecule has 0 aliphatic carbocycles. The van der Waals surface area contributed by atoms with Crippen LogP contribution in [0.1, 0.15) is 24.2 Å². The van der Waals surface area contributed by atoms with Gasteiger partial charge >= 0.3 is 0 Å². The Morgan fingerprint density at radius 2 is 1.91 bits per heavy atom. The van der Waals surface area contributed by atoms with Crippen LogP contribution in [0.15, 0.2) is 53.4 Å². The van der Waals surface area contributed by atoms with E-state index in [1.54, 1.807) is 42.2 Å². The highest BCUT2D eigenvalue weighted by atomic mass is 32.2. The summed E-state index contributed by atoms with van der Waals surface area (Å²) in [4.78, 5) is 17.2. The van der Waals surface area contributed by atoms with Gasteiger partial charge in [-0.1, -0.05) is 25.1 Å². The van der Waals surface area contributed by atoms with E-state index in [1.807, 2.05) is 25.9 Å². The molecule has 0 radical (unpaired) electrons. The molecule has 2 N–H and O–H groups in total. The highest BCUT2D eigenvalue weighted by molar-refractivity contribution is 7.92. The summed E-state index contributed by atoms with van der Waals surface area (Å²) < 4.78 is 34.2. The van der Waals surface area contributed by atoms with Crippen LogP contribution in [0, 0.1) is 5.92 Å². The highest BCUT2D eigenvalue weighted by Gasteiger charge is 2.33. The van der Waals surface area contributed by atoms with Gasteiger partial charge in [0.1, 0.15) is 11.9 Å². The fraction of sp³-hybridized carbons (Fsp3) is 0.435. The van der Waals surface area contributed by atoms with Crippen molar-refractivity contribution in [3.63, 3.8) is 0 Å². The molecular formula is C23H31N3O5S. The number of aliphatic hydroxyl groups is 1. The topological polar surface area (TPSA) is 99.2 Å². The predicted molar refractivity (Wildman–Crippen MR) is 123 cm³/mol. The van der Waals surface area contributed by atoms with Crippen LogP contribution in [0.25, 0.3) is 0 Å². The third kappa shape index (κ3) is 5.40. The molecule has 0 saturated heterocycles. The van der Waals surface area contributed by atoms with Gasteiger partial charge in [-0.25, -0.2) is 8.42 Å². The number of nitrogens with zero attached hydrogens (tertiary/aromatic N) is 2. The van der Waals surface area contributed by atoms with E-state index in [2.05, 4.69) is 4.72 Å². The van der Waals surface area contributed by atoms with Crippen molar-refractivity contribution in [1.29, 1.82) is 0 Å². The Morgan fingerprint density at radius 1 is 1.22 bits per heavy atom. The molecule has 2 aromatic carbocycles. The normalized spacial score (nSPS) is 20.2. The van der Waals surface area contributed by atoms with Crippen LogP contribution >= 0.6 is 0 Å². The zero-order valence-corrected chi connectivity index (χ0v) is 19.7. The van der Waals surface area contributed by atoms with Crippen molar-refractivity contribution < 1.29 is 23.1 Å². The number of sulfonamides is 1. The van der Waals surface area contributed by atoms with Crippen LogP contribution < -0.4 is 9.46 Å². The molecule has 0 saturated carbocycles. The number of carbonyl (C=O) groups excluding carboxylic acids is 1. The molecule has 1 heterocycles. The molecule has 1 aliphatic heterocycles. The summed E-state index contributed by atoms with van der Waals surface area (Å²) in [6, 6.07) is 12.4. The van der Waals surface area contributed by atoms with E-state index < -0.39 is 10.0 Å². The number of aliphatic hydroxyl groups excluding tert-OH is 1. The first-order chi connectivity index (χ1) is 15.1. The summed E-state index contributed by atoms with van der Waals surface area (Å²) in [6.07, 6.45) is -0.183. The number of carbonyl (C=O) groups is 1. The van der Waals surface area contributed by atoms with Crippen LogP contribution in [0.5, 0.6) is 5.75 Å². The Labute approximate surface area is 189 Å². The van der Waals surface area contributed by atoms with Crippen molar-refractivity contribution in [1.82, 2.24) is 9.80 Å². The lowest BCUT2D eigenvalue weighted by atomic mass is 9.99. The largest absolute Gasteiger partial charge is 0.488 e. The molecule has 1 amide bonds. The van der Waals surface area contributed by atoms with Gasteiger partial charge in [0.05, 0.1) is 23.1 Å². The lowest BCUT2D eigenvalue weighted by molar-refractivity contribution is 0.0363. The van der Waals surface area contributed by atoms with E-state index >= 15 is 0 Å².